The predicted octanol–water partition coefficient (Wildman–Crippen LogP) is 5.10. The van der Waals surface area contributed by atoms with Crippen LogP contribution in [-0.2, 0) is 9.53 Å². The second kappa shape index (κ2) is 8.44. The minimum absolute atomic E-state index is 0.211. The maximum Gasteiger partial charge on any atom is 0.305 e. The van der Waals surface area contributed by atoms with Crippen molar-refractivity contribution in [3.05, 3.63) is 60.2 Å². The van der Waals surface area contributed by atoms with Crippen LogP contribution in [0.1, 0.15) is 30.7 Å². The lowest BCUT2D eigenvalue weighted by molar-refractivity contribution is -0.143. The Kier molecular flexibility index (Phi) is 6.28. The molecule has 0 spiro atoms. The van der Waals surface area contributed by atoms with Gasteiger partial charge in [-0.2, -0.15) is 0 Å². The number of hydrogen-bond acceptors (Lipinski definition) is 3. The van der Waals surface area contributed by atoms with Crippen molar-refractivity contribution in [3.8, 4) is 11.5 Å². The van der Waals surface area contributed by atoms with Crippen LogP contribution < -0.4 is 4.74 Å². The van der Waals surface area contributed by atoms with Crippen molar-refractivity contribution in [2.45, 2.75) is 25.1 Å². The monoisotopic (exact) mass is 318 g/mol. The molecule has 116 valence electrons. The summed E-state index contributed by atoms with van der Waals surface area (Å²) in [4.78, 5) is 11.3. The first-order valence-electron chi connectivity index (χ1n) is 7.31. The van der Waals surface area contributed by atoms with Crippen LogP contribution in [0.25, 0.3) is 0 Å². The lowest BCUT2D eigenvalue weighted by Crippen LogP contribution is -2.05. The molecule has 22 heavy (non-hydrogen) atoms. The van der Waals surface area contributed by atoms with Crippen molar-refractivity contribution in [2.24, 2.45) is 0 Å². The van der Waals surface area contributed by atoms with Gasteiger partial charge in [0.2, 0.25) is 0 Å². The van der Waals surface area contributed by atoms with Gasteiger partial charge in [0.25, 0.3) is 0 Å². The molecule has 0 amide bonds. The van der Waals surface area contributed by atoms with Gasteiger partial charge in [-0.25, -0.2) is 0 Å². The third kappa shape index (κ3) is 5.08. The summed E-state index contributed by atoms with van der Waals surface area (Å²) in [5.41, 5.74) is 0.964. The molecule has 0 heterocycles. The Morgan fingerprint density at radius 2 is 1.68 bits per heavy atom. The van der Waals surface area contributed by atoms with Crippen molar-refractivity contribution in [2.75, 3.05) is 6.61 Å². The van der Waals surface area contributed by atoms with Gasteiger partial charge in [-0.15, -0.1) is 11.6 Å². The highest BCUT2D eigenvalue weighted by molar-refractivity contribution is 6.20. The van der Waals surface area contributed by atoms with Gasteiger partial charge in [0.15, 0.2) is 0 Å². The van der Waals surface area contributed by atoms with Crippen LogP contribution in [-0.4, -0.2) is 12.6 Å². The molecule has 0 fully saturated rings. The Labute approximate surface area is 135 Å². The number of carbonyl (C=O) groups is 1. The zero-order chi connectivity index (χ0) is 15.8. The Bertz CT molecular complexity index is 581. The van der Waals surface area contributed by atoms with E-state index < -0.39 is 0 Å². The van der Waals surface area contributed by atoms with E-state index in [0.717, 1.165) is 17.1 Å². The molecule has 0 bridgehead atoms. The summed E-state index contributed by atoms with van der Waals surface area (Å²) in [7, 11) is 0. The number of alkyl halides is 1. The first kappa shape index (κ1) is 16.4. The third-order valence-electron chi connectivity index (χ3n) is 3.13. The first-order chi connectivity index (χ1) is 10.7. The highest BCUT2D eigenvalue weighted by atomic mass is 35.5. The highest BCUT2D eigenvalue weighted by Gasteiger charge is 2.11. The first-order valence-corrected chi connectivity index (χ1v) is 7.75. The second-order valence-corrected chi connectivity index (χ2v) is 5.32. The standard InChI is InChI=1S/C18H19ClO3/c1-2-21-18(20)13-12-17(19)14-8-10-16(11-9-14)22-15-6-4-3-5-7-15/h3-11,17H,2,12-13H2,1H3. The normalized spacial score (nSPS) is 11.7. The fourth-order valence-electron chi connectivity index (χ4n) is 2.01. The number of carbonyl (C=O) groups excluding carboxylic acids is 1. The molecule has 1 unspecified atom stereocenters. The van der Waals surface area contributed by atoms with E-state index in [-0.39, 0.29) is 11.3 Å². The van der Waals surface area contributed by atoms with Crippen molar-refractivity contribution in [3.63, 3.8) is 0 Å². The van der Waals surface area contributed by atoms with Crippen LogP contribution in [0.5, 0.6) is 11.5 Å². The van der Waals surface area contributed by atoms with Gasteiger partial charge >= 0.3 is 5.97 Å². The van der Waals surface area contributed by atoms with E-state index >= 15 is 0 Å². The van der Waals surface area contributed by atoms with Gasteiger partial charge in [0.1, 0.15) is 11.5 Å². The summed E-state index contributed by atoms with van der Waals surface area (Å²) in [5.74, 6) is 1.33. The number of benzene rings is 2. The molecule has 2 rings (SSSR count). The van der Waals surface area contributed by atoms with Gasteiger partial charge in [-0.3, -0.25) is 4.79 Å². The molecule has 2 aromatic rings. The summed E-state index contributed by atoms with van der Waals surface area (Å²) in [6, 6.07) is 17.2. The van der Waals surface area contributed by atoms with Gasteiger partial charge in [0.05, 0.1) is 12.0 Å². The van der Waals surface area contributed by atoms with Crippen molar-refractivity contribution < 1.29 is 14.3 Å². The summed E-state index contributed by atoms with van der Waals surface area (Å²) in [6.07, 6.45) is 0.879. The van der Waals surface area contributed by atoms with Crippen molar-refractivity contribution in [1.82, 2.24) is 0 Å². The van der Waals surface area contributed by atoms with Gasteiger partial charge in [0, 0.05) is 6.42 Å². The summed E-state index contributed by atoms with van der Waals surface area (Å²) < 4.78 is 10.6. The largest absolute Gasteiger partial charge is 0.466 e. The highest BCUT2D eigenvalue weighted by Crippen LogP contribution is 2.28. The number of rotatable bonds is 7. The number of ether oxygens (including phenoxy) is 2. The molecule has 0 saturated heterocycles. The lowest BCUT2D eigenvalue weighted by Gasteiger charge is -2.11. The molecule has 3 nitrogen and oxygen atoms in total. The minimum atomic E-state index is -0.213. The molecule has 4 heteroatoms. The van der Waals surface area contributed by atoms with E-state index in [9.17, 15) is 4.79 Å². The number of hydrogen-bond donors (Lipinski definition) is 0. The lowest BCUT2D eigenvalue weighted by atomic mass is 10.1. The molecule has 1 atom stereocenters. The fraction of sp³-hybridized carbons (Fsp3) is 0.278. The summed E-state index contributed by atoms with van der Waals surface area (Å²) in [5, 5.41) is -0.213. The molecule has 0 N–H and O–H groups in total. The Morgan fingerprint density at radius 1 is 1.05 bits per heavy atom. The quantitative estimate of drug-likeness (QED) is 0.526. The molecule has 0 aliphatic heterocycles. The average Bonchev–Trinajstić information content (AvgIpc) is 2.54. The smallest absolute Gasteiger partial charge is 0.305 e. The third-order valence-corrected chi connectivity index (χ3v) is 3.60. The SMILES string of the molecule is CCOC(=O)CCC(Cl)c1ccc(Oc2ccccc2)cc1. The molecular formula is C18H19ClO3. The van der Waals surface area contributed by atoms with Crippen LogP contribution >= 0.6 is 11.6 Å². The molecule has 0 saturated carbocycles. The number of esters is 1. The van der Waals surface area contributed by atoms with Crippen LogP contribution in [0.2, 0.25) is 0 Å². The predicted molar refractivity (Wildman–Crippen MR) is 87.4 cm³/mol. The molecule has 0 aromatic heterocycles. The van der Waals surface area contributed by atoms with E-state index in [4.69, 9.17) is 21.1 Å². The summed E-state index contributed by atoms with van der Waals surface area (Å²) in [6.45, 7) is 2.19. The van der Waals surface area contributed by atoms with Gasteiger partial charge in [-0.05, 0) is 43.2 Å². The van der Waals surface area contributed by atoms with E-state index in [0.29, 0.717) is 19.4 Å². The molecule has 0 aliphatic rings. The molecule has 0 radical (unpaired) electrons. The fourth-order valence-corrected chi connectivity index (χ4v) is 2.27. The molecule has 2 aromatic carbocycles. The van der Waals surface area contributed by atoms with Gasteiger partial charge in [-0.1, -0.05) is 30.3 Å². The number of para-hydroxylation sites is 1. The van der Waals surface area contributed by atoms with Crippen LogP contribution in [0, 0.1) is 0 Å². The van der Waals surface area contributed by atoms with Crippen LogP contribution in [0.4, 0.5) is 0 Å². The van der Waals surface area contributed by atoms with Crippen LogP contribution in [0.15, 0.2) is 54.6 Å². The topological polar surface area (TPSA) is 35.5 Å². The number of halogens is 1. The van der Waals surface area contributed by atoms with Crippen molar-refractivity contribution in [1.29, 1.82) is 0 Å². The Morgan fingerprint density at radius 3 is 2.32 bits per heavy atom. The zero-order valence-electron chi connectivity index (χ0n) is 12.5. The molecule has 0 aliphatic carbocycles. The zero-order valence-corrected chi connectivity index (χ0v) is 13.3. The Hall–Kier alpha value is -2.00. The van der Waals surface area contributed by atoms with Crippen molar-refractivity contribution >= 4 is 17.6 Å². The van der Waals surface area contributed by atoms with E-state index in [2.05, 4.69) is 0 Å². The average molecular weight is 319 g/mol. The second-order valence-electron chi connectivity index (χ2n) is 4.80. The van der Waals surface area contributed by atoms with E-state index in [1.807, 2.05) is 54.6 Å². The van der Waals surface area contributed by atoms with E-state index in [1.165, 1.54) is 0 Å². The minimum Gasteiger partial charge on any atom is -0.466 e. The maximum absolute atomic E-state index is 11.3. The maximum atomic E-state index is 11.3. The Balaban J connectivity index is 1.89. The van der Waals surface area contributed by atoms with Gasteiger partial charge < -0.3 is 9.47 Å². The molecular weight excluding hydrogens is 300 g/mol. The van der Waals surface area contributed by atoms with Crippen LogP contribution in [0.3, 0.4) is 0 Å². The van der Waals surface area contributed by atoms with E-state index in [1.54, 1.807) is 6.92 Å². The summed E-state index contributed by atoms with van der Waals surface area (Å²) >= 11 is 6.31.